The number of anilines is 1. The zero-order chi connectivity index (χ0) is 23.0. The average Bonchev–Trinajstić information content (AvgIpc) is 2.79. The minimum Gasteiger partial charge on any atom is -0.384 e. The molecule has 0 saturated carbocycles. The summed E-state index contributed by atoms with van der Waals surface area (Å²) in [6.07, 6.45) is 10.8. The minimum atomic E-state index is 0.264. The van der Waals surface area contributed by atoms with E-state index in [2.05, 4.69) is 46.7 Å². The Morgan fingerprint density at radius 1 is 1.16 bits per heavy atom. The van der Waals surface area contributed by atoms with Gasteiger partial charge in [0.05, 0.1) is 18.5 Å². The van der Waals surface area contributed by atoms with Crippen LogP contribution < -0.4 is 16.0 Å². The van der Waals surface area contributed by atoms with Crippen LogP contribution in [0.25, 0.3) is 10.9 Å². The molecule has 6 nitrogen and oxygen atoms in total. The molecule has 0 fully saturated rings. The molecular formula is C25H38ClN5O. The molecule has 0 bridgehead atoms. The summed E-state index contributed by atoms with van der Waals surface area (Å²) in [7, 11) is 0. The predicted molar refractivity (Wildman–Crippen MR) is 138 cm³/mol. The third kappa shape index (κ3) is 10.4. The molecule has 2 unspecified atom stereocenters. The first-order valence-corrected chi connectivity index (χ1v) is 12.0. The topological polar surface area (TPSA) is 70.6 Å². The van der Waals surface area contributed by atoms with Gasteiger partial charge in [-0.25, -0.2) is 4.99 Å². The lowest BCUT2D eigenvalue weighted by Crippen LogP contribution is -2.26. The van der Waals surface area contributed by atoms with Crippen LogP contribution in [0.2, 0.25) is 5.02 Å². The van der Waals surface area contributed by atoms with E-state index in [0.717, 1.165) is 61.6 Å². The summed E-state index contributed by atoms with van der Waals surface area (Å²) in [6, 6.07) is 8.06. The second-order valence-corrected chi connectivity index (χ2v) is 8.47. The smallest absolute Gasteiger partial charge is 0.0879 e. The largest absolute Gasteiger partial charge is 0.384 e. The lowest BCUT2D eigenvalue weighted by atomic mass is 10.1. The van der Waals surface area contributed by atoms with E-state index in [1.165, 1.54) is 6.42 Å². The number of ether oxygens (including phenoxy) is 1. The SMILES string of the molecule is CCC(C)CCOCCN/C=N/C=C\C(C)NCCCNc1ccnc2cc(Cl)ccc12. The van der Waals surface area contributed by atoms with Crippen molar-refractivity contribution in [3.05, 3.63) is 47.8 Å². The molecule has 2 atom stereocenters. The van der Waals surface area contributed by atoms with Crippen LogP contribution in [-0.2, 0) is 4.74 Å². The van der Waals surface area contributed by atoms with E-state index >= 15 is 0 Å². The Morgan fingerprint density at radius 2 is 2.03 bits per heavy atom. The Kier molecular flexibility index (Phi) is 12.7. The Morgan fingerprint density at radius 3 is 2.88 bits per heavy atom. The van der Waals surface area contributed by atoms with Gasteiger partial charge in [-0.1, -0.05) is 31.9 Å². The molecule has 32 heavy (non-hydrogen) atoms. The second-order valence-electron chi connectivity index (χ2n) is 8.03. The van der Waals surface area contributed by atoms with Gasteiger partial charge < -0.3 is 20.7 Å². The quantitative estimate of drug-likeness (QED) is 0.181. The van der Waals surface area contributed by atoms with E-state index in [4.69, 9.17) is 16.3 Å². The van der Waals surface area contributed by atoms with Crippen LogP contribution in [0.3, 0.4) is 0 Å². The normalized spacial score (nSPS) is 13.8. The first kappa shape index (κ1) is 26.1. The Hall–Kier alpha value is -2.15. The summed E-state index contributed by atoms with van der Waals surface area (Å²) in [4.78, 5) is 8.63. The van der Waals surface area contributed by atoms with E-state index in [1.807, 2.05) is 42.7 Å². The minimum absolute atomic E-state index is 0.264. The van der Waals surface area contributed by atoms with E-state index in [-0.39, 0.29) is 6.04 Å². The van der Waals surface area contributed by atoms with Gasteiger partial charge in [0.15, 0.2) is 0 Å². The zero-order valence-electron chi connectivity index (χ0n) is 19.6. The van der Waals surface area contributed by atoms with Gasteiger partial charge in [0, 0.05) is 54.2 Å². The Balaban J connectivity index is 1.52. The third-order valence-electron chi connectivity index (χ3n) is 5.31. The molecule has 0 radical (unpaired) electrons. The van der Waals surface area contributed by atoms with Crippen molar-refractivity contribution in [3.8, 4) is 0 Å². The number of nitrogens with zero attached hydrogens (tertiary/aromatic N) is 2. The third-order valence-corrected chi connectivity index (χ3v) is 5.54. The Bertz CT molecular complexity index is 842. The number of halogens is 1. The van der Waals surface area contributed by atoms with Crippen molar-refractivity contribution in [3.63, 3.8) is 0 Å². The van der Waals surface area contributed by atoms with Crippen LogP contribution in [0.4, 0.5) is 5.69 Å². The maximum atomic E-state index is 6.05. The van der Waals surface area contributed by atoms with Gasteiger partial charge in [-0.05, 0) is 62.6 Å². The van der Waals surface area contributed by atoms with Crippen molar-refractivity contribution >= 4 is 34.5 Å². The second kappa shape index (κ2) is 15.6. The monoisotopic (exact) mass is 459 g/mol. The van der Waals surface area contributed by atoms with Crippen molar-refractivity contribution in [2.24, 2.45) is 10.9 Å². The molecule has 0 aliphatic heterocycles. The van der Waals surface area contributed by atoms with Crippen LogP contribution in [0.5, 0.6) is 0 Å². The van der Waals surface area contributed by atoms with Crippen molar-refractivity contribution < 1.29 is 4.74 Å². The highest BCUT2D eigenvalue weighted by Crippen LogP contribution is 2.24. The maximum absolute atomic E-state index is 6.05. The van der Waals surface area contributed by atoms with Crippen molar-refractivity contribution in [2.75, 3.05) is 38.2 Å². The summed E-state index contributed by atoms with van der Waals surface area (Å²) in [6.45, 7) is 10.7. The lowest BCUT2D eigenvalue weighted by Gasteiger charge is -2.11. The van der Waals surface area contributed by atoms with E-state index in [9.17, 15) is 0 Å². The number of fused-ring (bicyclic) bond motifs is 1. The zero-order valence-corrected chi connectivity index (χ0v) is 20.4. The molecule has 2 rings (SSSR count). The van der Waals surface area contributed by atoms with Gasteiger partial charge in [0.25, 0.3) is 0 Å². The molecule has 1 aromatic heterocycles. The van der Waals surface area contributed by atoms with E-state index in [0.29, 0.717) is 11.6 Å². The highest BCUT2D eigenvalue weighted by atomic mass is 35.5. The number of hydrogen-bond donors (Lipinski definition) is 3. The predicted octanol–water partition coefficient (Wildman–Crippen LogP) is 5.25. The molecule has 1 aromatic carbocycles. The van der Waals surface area contributed by atoms with Crippen molar-refractivity contribution in [1.82, 2.24) is 15.6 Å². The molecule has 0 aliphatic rings. The molecule has 0 spiro atoms. The number of rotatable bonds is 16. The summed E-state index contributed by atoms with van der Waals surface area (Å²) in [5.41, 5.74) is 1.99. The van der Waals surface area contributed by atoms with Crippen LogP contribution in [0.1, 0.15) is 40.0 Å². The first-order chi connectivity index (χ1) is 15.6. The molecule has 176 valence electrons. The molecule has 0 aliphatic carbocycles. The Labute approximate surface area is 197 Å². The van der Waals surface area contributed by atoms with E-state index < -0.39 is 0 Å². The standard InChI is InChI=1S/C25H38ClN5O/c1-4-20(2)10-16-32-17-15-28-19-27-13-8-21(3)29-11-5-12-30-24-9-14-31-25-18-22(26)6-7-23(24)25/h6-9,13-14,18-21,29H,4-5,10-12,15-17H2,1-3H3,(H,27,28)(H,30,31)/b13-8-. The highest BCUT2D eigenvalue weighted by molar-refractivity contribution is 6.31. The molecule has 3 N–H and O–H groups in total. The summed E-state index contributed by atoms with van der Waals surface area (Å²) >= 11 is 6.05. The van der Waals surface area contributed by atoms with Gasteiger partial charge in [-0.15, -0.1) is 0 Å². The summed E-state index contributed by atoms with van der Waals surface area (Å²) in [5, 5.41) is 11.9. The first-order valence-electron chi connectivity index (χ1n) is 11.6. The van der Waals surface area contributed by atoms with Gasteiger partial charge in [0.2, 0.25) is 0 Å². The van der Waals surface area contributed by atoms with E-state index in [1.54, 1.807) is 6.34 Å². The number of aromatic nitrogens is 1. The number of aliphatic imine (C=N–C) groups is 1. The van der Waals surface area contributed by atoms with Gasteiger partial charge in [-0.3, -0.25) is 4.98 Å². The van der Waals surface area contributed by atoms with Crippen LogP contribution in [0, 0.1) is 5.92 Å². The average molecular weight is 460 g/mol. The molecule has 1 heterocycles. The molecule has 7 heteroatoms. The van der Waals surface area contributed by atoms with Gasteiger partial charge in [-0.2, -0.15) is 0 Å². The van der Waals surface area contributed by atoms with Crippen LogP contribution in [-0.4, -0.2) is 50.2 Å². The van der Waals surface area contributed by atoms with Gasteiger partial charge >= 0.3 is 0 Å². The van der Waals surface area contributed by atoms with Gasteiger partial charge in [0.1, 0.15) is 0 Å². The molecule has 0 amide bonds. The van der Waals surface area contributed by atoms with Crippen molar-refractivity contribution in [1.29, 1.82) is 0 Å². The number of nitrogens with one attached hydrogen (secondary N) is 3. The summed E-state index contributed by atoms with van der Waals surface area (Å²) in [5.74, 6) is 0.739. The van der Waals surface area contributed by atoms with Crippen LogP contribution >= 0.6 is 11.6 Å². The highest BCUT2D eigenvalue weighted by Gasteiger charge is 2.02. The molecule has 0 saturated heterocycles. The molecular weight excluding hydrogens is 422 g/mol. The lowest BCUT2D eigenvalue weighted by molar-refractivity contribution is 0.126. The maximum Gasteiger partial charge on any atom is 0.0879 e. The van der Waals surface area contributed by atoms with Crippen molar-refractivity contribution in [2.45, 2.75) is 46.1 Å². The fraction of sp³-hybridized carbons (Fsp3) is 0.520. The summed E-state index contributed by atoms with van der Waals surface area (Å²) < 4.78 is 5.60. The number of hydrogen-bond acceptors (Lipinski definition) is 5. The fourth-order valence-corrected chi connectivity index (χ4v) is 3.21. The number of pyridine rings is 1. The fourth-order valence-electron chi connectivity index (χ4n) is 3.05. The number of benzene rings is 1. The van der Waals surface area contributed by atoms with Crippen LogP contribution in [0.15, 0.2) is 47.7 Å². The molecule has 2 aromatic rings.